The van der Waals surface area contributed by atoms with Crippen molar-refractivity contribution in [2.75, 3.05) is 0 Å². The van der Waals surface area contributed by atoms with Crippen molar-refractivity contribution in [1.82, 2.24) is 19.1 Å². The summed E-state index contributed by atoms with van der Waals surface area (Å²) in [4.78, 5) is 31.1. The molecule has 0 spiro atoms. The van der Waals surface area contributed by atoms with Crippen molar-refractivity contribution in [3.05, 3.63) is 92.0 Å². The van der Waals surface area contributed by atoms with Crippen molar-refractivity contribution in [1.29, 1.82) is 0 Å². The number of aromatic nitrogens is 4. The molecule has 220 valence electrons. The van der Waals surface area contributed by atoms with Gasteiger partial charge in [-0.2, -0.15) is 17.6 Å². The van der Waals surface area contributed by atoms with Crippen LogP contribution in [0.2, 0.25) is 0 Å². The standard InChI is InChI=1S/2C14H12F2N2O2S/c2*15-13(16)20-9-6-4-8(5-7-9)12(19)18-11-3-1-2-10(11)17-14(18)21/h2*4-7,13H,1-3H2,(H,17,21). The predicted octanol–water partition coefficient (Wildman–Crippen LogP) is 6.65. The van der Waals surface area contributed by atoms with Crippen LogP contribution in [-0.2, 0) is 25.7 Å². The minimum Gasteiger partial charge on any atom is -0.435 e. The molecule has 0 aliphatic heterocycles. The highest BCUT2D eigenvalue weighted by atomic mass is 32.1. The first-order valence-electron chi connectivity index (χ1n) is 13.0. The fourth-order valence-corrected chi connectivity index (χ4v) is 5.71. The molecular weight excluding hydrogens is 596 g/mol. The van der Waals surface area contributed by atoms with E-state index in [0.29, 0.717) is 20.7 Å². The molecule has 2 heterocycles. The number of rotatable bonds is 6. The summed E-state index contributed by atoms with van der Waals surface area (Å²) in [7, 11) is 0. The van der Waals surface area contributed by atoms with Gasteiger partial charge in [0, 0.05) is 33.9 Å². The molecule has 0 saturated carbocycles. The lowest BCUT2D eigenvalue weighted by Crippen LogP contribution is -2.14. The van der Waals surface area contributed by atoms with Crippen molar-refractivity contribution < 1.29 is 36.6 Å². The van der Waals surface area contributed by atoms with Gasteiger partial charge in [-0.1, -0.05) is 0 Å². The van der Waals surface area contributed by atoms with Gasteiger partial charge in [-0.3, -0.25) is 18.7 Å². The zero-order chi connectivity index (χ0) is 30.0. The second-order valence-electron chi connectivity index (χ2n) is 9.50. The number of H-pyrrole nitrogens is 2. The molecule has 2 N–H and O–H groups in total. The maximum Gasteiger partial charge on any atom is 0.387 e. The monoisotopic (exact) mass is 620 g/mol. The number of hydrogen-bond donors (Lipinski definition) is 2. The molecule has 14 heteroatoms. The molecule has 0 unspecified atom stereocenters. The third kappa shape index (κ3) is 6.23. The first-order chi connectivity index (χ1) is 20.1. The first-order valence-corrected chi connectivity index (χ1v) is 13.8. The SMILES string of the molecule is O=C(c1ccc(OC(F)F)cc1)n1c2c([nH]c1=S)CCC2.O=C(c1ccc(OC(F)F)cc1)n1c2c([nH]c1=S)CCC2. The van der Waals surface area contributed by atoms with Crippen LogP contribution in [0.4, 0.5) is 17.6 Å². The van der Waals surface area contributed by atoms with Crippen molar-refractivity contribution in [3.63, 3.8) is 0 Å². The van der Waals surface area contributed by atoms with Crippen molar-refractivity contribution in [3.8, 4) is 11.5 Å². The number of aryl methyl sites for hydroxylation is 2. The summed E-state index contributed by atoms with van der Waals surface area (Å²) in [6.45, 7) is -5.76. The zero-order valence-corrected chi connectivity index (χ0v) is 23.5. The highest BCUT2D eigenvalue weighted by molar-refractivity contribution is 7.71. The minimum absolute atomic E-state index is 0.0180. The van der Waals surface area contributed by atoms with Crippen LogP contribution in [0.5, 0.6) is 11.5 Å². The maximum absolute atomic E-state index is 12.5. The Bertz CT molecular complexity index is 1600. The molecule has 0 bridgehead atoms. The average molecular weight is 621 g/mol. The van der Waals surface area contributed by atoms with E-state index in [1.165, 1.54) is 57.7 Å². The van der Waals surface area contributed by atoms with E-state index in [-0.39, 0.29) is 23.3 Å². The largest absolute Gasteiger partial charge is 0.435 e. The van der Waals surface area contributed by atoms with Crippen LogP contribution in [0.1, 0.15) is 56.3 Å². The van der Waals surface area contributed by atoms with Gasteiger partial charge in [-0.05, 0) is 111 Å². The van der Waals surface area contributed by atoms with E-state index in [4.69, 9.17) is 24.4 Å². The van der Waals surface area contributed by atoms with E-state index < -0.39 is 13.2 Å². The summed E-state index contributed by atoms with van der Waals surface area (Å²) in [5.74, 6) is -0.486. The van der Waals surface area contributed by atoms with Crippen LogP contribution in [0.3, 0.4) is 0 Å². The smallest absolute Gasteiger partial charge is 0.387 e. The lowest BCUT2D eigenvalue weighted by molar-refractivity contribution is -0.0505. The molecule has 0 fully saturated rings. The summed E-state index contributed by atoms with van der Waals surface area (Å²) < 4.78 is 60.6. The molecule has 4 aromatic rings. The van der Waals surface area contributed by atoms with Gasteiger partial charge in [0.05, 0.1) is 0 Å². The minimum atomic E-state index is -2.88. The van der Waals surface area contributed by atoms with E-state index >= 15 is 0 Å². The van der Waals surface area contributed by atoms with Gasteiger partial charge in [0.2, 0.25) is 0 Å². The molecule has 2 aromatic carbocycles. The number of benzene rings is 2. The molecule has 2 aliphatic carbocycles. The van der Waals surface area contributed by atoms with Gasteiger partial charge in [-0.15, -0.1) is 0 Å². The van der Waals surface area contributed by atoms with Crippen LogP contribution in [0.15, 0.2) is 48.5 Å². The summed E-state index contributed by atoms with van der Waals surface area (Å²) in [5.41, 5.74) is 4.59. The van der Waals surface area contributed by atoms with E-state index in [1.807, 2.05) is 0 Å². The van der Waals surface area contributed by atoms with Gasteiger partial charge in [0.15, 0.2) is 9.54 Å². The molecule has 0 amide bonds. The Kier molecular flexibility index (Phi) is 8.73. The summed E-state index contributed by atoms with van der Waals surface area (Å²) in [5, 5.41) is 0. The van der Waals surface area contributed by atoms with Crippen molar-refractivity contribution >= 4 is 36.3 Å². The summed E-state index contributed by atoms with van der Waals surface area (Å²) in [6, 6.07) is 11.2. The number of carbonyl (C=O) groups is 2. The second kappa shape index (κ2) is 12.4. The highest BCUT2D eigenvalue weighted by Crippen LogP contribution is 2.25. The number of ether oxygens (including phenoxy) is 2. The number of alkyl halides is 4. The van der Waals surface area contributed by atoms with Crippen LogP contribution in [0, 0.1) is 9.54 Å². The van der Waals surface area contributed by atoms with E-state index in [0.717, 1.165) is 61.3 Å². The molecule has 2 aliphatic rings. The Balaban J connectivity index is 0.000000168. The molecular formula is C28H24F4N4O4S2. The van der Waals surface area contributed by atoms with Gasteiger partial charge in [0.25, 0.3) is 11.8 Å². The Morgan fingerprint density at radius 3 is 1.33 bits per heavy atom. The Morgan fingerprint density at radius 2 is 1.00 bits per heavy atom. The second-order valence-corrected chi connectivity index (χ2v) is 10.3. The summed E-state index contributed by atoms with van der Waals surface area (Å²) in [6.07, 6.45) is 5.37. The van der Waals surface area contributed by atoms with E-state index in [9.17, 15) is 27.2 Å². The fourth-order valence-electron chi connectivity index (χ4n) is 5.08. The number of nitrogens with one attached hydrogen (secondary N) is 2. The number of halogens is 4. The number of imidazole rings is 2. The Labute approximate surface area is 246 Å². The third-order valence-electron chi connectivity index (χ3n) is 6.90. The normalized spacial score (nSPS) is 13.5. The number of nitrogens with zero attached hydrogens (tertiary/aromatic N) is 2. The number of hydrogen-bond acceptors (Lipinski definition) is 6. The highest BCUT2D eigenvalue weighted by Gasteiger charge is 2.23. The first kappa shape index (κ1) is 29.5. The maximum atomic E-state index is 12.5. The van der Waals surface area contributed by atoms with Gasteiger partial charge >= 0.3 is 13.2 Å². The topological polar surface area (TPSA) is 94.0 Å². The van der Waals surface area contributed by atoms with Crippen LogP contribution in [-0.4, -0.2) is 44.1 Å². The van der Waals surface area contributed by atoms with Crippen LogP contribution >= 0.6 is 24.4 Å². The van der Waals surface area contributed by atoms with Crippen LogP contribution < -0.4 is 9.47 Å². The lowest BCUT2D eigenvalue weighted by Gasteiger charge is -2.07. The number of aromatic amines is 2. The number of carbonyl (C=O) groups excluding carboxylic acids is 2. The van der Waals surface area contributed by atoms with E-state index in [1.54, 1.807) is 0 Å². The molecule has 0 radical (unpaired) electrons. The lowest BCUT2D eigenvalue weighted by atomic mass is 10.2. The van der Waals surface area contributed by atoms with Crippen LogP contribution in [0.25, 0.3) is 0 Å². The average Bonchev–Trinajstić information content (AvgIpc) is 3.70. The predicted molar refractivity (Wildman–Crippen MR) is 149 cm³/mol. The molecule has 0 atom stereocenters. The zero-order valence-electron chi connectivity index (χ0n) is 21.9. The molecule has 6 rings (SSSR count). The quantitative estimate of drug-likeness (QED) is 0.185. The molecule has 2 aromatic heterocycles. The summed E-state index contributed by atoms with van der Waals surface area (Å²) >= 11 is 10.4. The van der Waals surface area contributed by atoms with E-state index in [2.05, 4.69) is 19.4 Å². The Morgan fingerprint density at radius 1 is 0.643 bits per heavy atom. The fraction of sp³-hybridized carbons (Fsp3) is 0.286. The van der Waals surface area contributed by atoms with Gasteiger partial charge in [-0.25, -0.2) is 0 Å². The Hall–Kier alpha value is -4.04. The third-order valence-corrected chi connectivity index (χ3v) is 7.47. The number of fused-ring (bicyclic) bond motifs is 2. The molecule has 8 nitrogen and oxygen atoms in total. The van der Waals surface area contributed by atoms with Crippen molar-refractivity contribution in [2.24, 2.45) is 0 Å². The van der Waals surface area contributed by atoms with Gasteiger partial charge < -0.3 is 19.4 Å². The molecule has 0 saturated heterocycles. The molecule has 42 heavy (non-hydrogen) atoms. The van der Waals surface area contributed by atoms with Crippen molar-refractivity contribution in [2.45, 2.75) is 51.7 Å². The van der Waals surface area contributed by atoms with Gasteiger partial charge in [0.1, 0.15) is 11.5 Å².